The molecule has 0 N–H and O–H groups in total. The SMILES string of the molecule is CC(C)N(B1C=CC=CS1)C(C)C. The monoisotopic (exact) mass is 195 g/mol. The summed E-state index contributed by atoms with van der Waals surface area (Å²) in [5.41, 5.74) is 0. The van der Waals surface area contributed by atoms with E-state index in [2.05, 4.69) is 56.0 Å². The molecule has 0 amide bonds. The van der Waals surface area contributed by atoms with E-state index in [9.17, 15) is 0 Å². The molecule has 1 heterocycles. The number of hydrogen-bond donors (Lipinski definition) is 0. The molecule has 1 aliphatic rings. The van der Waals surface area contributed by atoms with Crippen LogP contribution in [0.2, 0.25) is 0 Å². The first kappa shape index (κ1) is 10.9. The van der Waals surface area contributed by atoms with E-state index in [1.165, 1.54) is 0 Å². The lowest BCUT2D eigenvalue weighted by Crippen LogP contribution is -2.45. The molecule has 72 valence electrons. The van der Waals surface area contributed by atoms with Crippen LogP contribution in [-0.4, -0.2) is 23.0 Å². The molecule has 0 aromatic heterocycles. The molecule has 0 bridgehead atoms. The standard InChI is InChI=1S/C10H18BNS/c1-9(2)12(10(3)4)11-7-5-6-8-13-11/h5-10H,1-4H3. The fourth-order valence-corrected chi connectivity index (χ4v) is 2.88. The Morgan fingerprint density at radius 3 is 2.08 bits per heavy atom. The molecule has 0 spiro atoms. The highest BCUT2D eigenvalue weighted by Gasteiger charge is 2.25. The van der Waals surface area contributed by atoms with Gasteiger partial charge in [-0.15, -0.1) is 0 Å². The summed E-state index contributed by atoms with van der Waals surface area (Å²) in [5, 5.41) is 2.17. The zero-order valence-electron chi connectivity index (χ0n) is 8.90. The van der Waals surface area contributed by atoms with Gasteiger partial charge in [0.2, 0.25) is 0 Å². The van der Waals surface area contributed by atoms with Crippen molar-refractivity contribution in [1.29, 1.82) is 0 Å². The van der Waals surface area contributed by atoms with Crippen LogP contribution in [0.25, 0.3) is 0 Å². The Hall–Kier alpha value is -0.145. The molecular weight excluding hydrogens is 177 g/mol. The quantitative estimate of drug-likeness (QED) is 0.637. The summed E-state index contributed by atoms with van der Waals surface area (Å²) in [4.78, 5) is 2.52. The second-order valence-electron chi connectivity index (χ2n) is 3.87. The highest BCUT2D eigenvalue weighted by Crippen LogP contribution is 2.22. The summed E-state index contributed by atoms with van der Waals surface area (Å²) in [6.07, 6.45) is 4.75. The highest BCUT2D eigenvalue weighted by molar-refractivity contribution is 8.28. The Kier molecular flexibility index (Phi) is 4.14. The van der Waals surface area contributed by atoms with Gasteiger partial charge in [0.15, 0.2) is 0 Å². The minimum absolute atomic E-state index is 0.519. The molecule has 3 heteroatoms. The first-order valence-electron chi connectivity index (χ1n) is 4.89. The van der Waals surface area contributed by atoms with Crippen LogP contribution in [0.15, 0.2) is 23.5 Å². The van der Waals surface area contributed by atoms with Crippen molar-refractivity contribution in [3.05, 3.63) is 23.5 Å². The van der Waals surface area contributed by atoms with Gasteiger partial charge in [0.1, 0.15) is 0 Å². The minimum atomic E-state index is 0.519. The highest BCUT2D eigenvalue weighted by atomic mass is 32.2. The third kappa shape index (κ3) is 2.92. The van der Waals surface area contributed by atoms with Gasteiger partial charge < -0.3 is 4.81 Å². The van der Waals surface area contributed by atoms with E-state index in [1.807, 2.05) is 11.6 Å². The Morgan fingerprint density at radius 1 is 1.08 bits per heavy atom. The van der Waals surface area contributed by atoms with Crippen molar-refractivity contribution in [1.82, 2.24) is 4.81 Å². The maximum atomic E-state index is 2.52. The molecule has 0 saturated carbocycles. The van der Waals surface area contributed by atoms with Crippen molar-refractivity contribution in [3.63, 3.8) is 0 Å². The fourth-order valence-electron chi connectivity index (χ4n) is 1.73. The number of hydrogen-bond acceptors (Lipinski definition) is 2. The first-order valence-corrected chi connectivity index (χ1v) is 5.83. The lowest BCUT2D eigenvalue weighted by Gasteiger charge is -2.34. The molecule has 0 saturated heterocycles. The summed E-state index contributed by atoms with van der Waals surface area (Å²) < 4.78 is 0. The van der Waals surface area contributed by atoms with Crippen molar-refractivity contribution < 1.29 is 0 Å². The predicted molar refractivity (Wildman–Crippen MR) is 63.7 cm³/mol. The predicted octanol–water partition coefficient (Wildman–Crippen LogP) is 2.95. The van der Waals surface area contributed by atoms with E-state index in [0.717, 1.165) is 0 Å². The van der Waals surface area contributed by atoms with Gasteiger partial charge in [-0.3, -0.25) is 0 Å². The molecule has 0 unspecified atom stereocenters. The Balaban J connectivity index is 2.65. The normalized spacial score (nSPS) is 16.7. The average Bonchev–Trinajstić information content (AvgIpc) is 2.04. The largest absolute Gasteiger partial charge is 0.324 e. The third-order valence-electron chi connectivity index (χ3n) is 2.17. The number of nitrogens with zero attached hydrogens (tertiary/aromatic N) is 1. The summed E-state index contributed by atoms with van der Waals surface area (Å²) in [6, 6.07) is 1.21. The molecule has 0 radical (unpaired) electrons. The molecule has 1 aliphatic heterocycles. The van der Waals surface area contributed by atoms with Gasteiger partial charge in [-0.25, -0.2) is 0 Å². The maximum absolute atomic E-state index is 2.52. The topological polar surface area (TPSA) is 3.24 Å². The minimum Gasteiger partial charge on any atom is -0.324 e. The third-order valence-corrected chi connectivity index (χ3v) is 3.16. The van der Waals surface area contributed by atoms with Crippen LogP contribution in [0.4, 0.5) is 0 Å². The summed E-state index contributed by atoms with van der Waals surface area (Å²) in [7, 11) is 0. The van der Waals surface area contributed by atoms with Gasteiger partial charge in [0, 0.05) is 0 Å². The zero-order valence-corrected chi connectivity index (χ0v) is 9.71. The van der Waals surface area contributed by atoms with Gasteiger partial charge in [0.05, 0.1) is 0 Å². The van der Waals surface area contributed by atoms with Crippen LogP contribution in [-0.2, 0) is 0 Å². The second-order valence-corrected chi connectivity index (χ2v) is 4.90. The molecule has 0 aromatic carbocycles. The molecule has 1 rings (SSSR count). The van der Waals surface area contributed by atoms with Crippen LogP contribution < -0.4 is 0 Å². The van der Waals surface area contributed by atoms with Crippen LogP contribution in [0.1, 0.15) is 27.7 Å². The molecule has 13 heavy (non-hydrogen) atoms. The molecule has 1 nitrogen and oxygen atoms in total. The average molecular weight is 195 g/mol. The van der Waals surface area contributed by atoms with E-state index < -0.39 is 0 Å². The Bertz CT molecular complexity index is 203. The lowest BCUT2D eigenvalue weighted by molar-refractivity contribution is 0.312. The van der Waals surface area contributed by atoms with Crippen LogP contribution in [0.5, 0.6) is 0 Å². The smallest absolute Gasteiger partial charge is 0.323 e. The van der Waals surface area contributed by atoms with Crippen molar-refractivity contribution >= 4 is 17.7 Å². The lowest BCUT2D eigenvalue weighted by atomic mass is 9.84. The first-order chi connectivity index (χ1) is 6.13. The van der Waals surface area contributed by atoms with Gasteiger partial charge >= 0.3 is 6.13 Å². The van der Waals surface area contributed by atoms with Crippen molar-refractivity contribution in [2.75, 3.05) is 0 Å². The van der Waals surface area contributed by atoms with Crippen molar-refractivity contribution in [2.45, 2.75) is 39.8 Å². The van der Waals surface area contributed by atoms with Crippen LogP contribution >= 0.6 is 11.6 Å². The molecular formula is C10H18BNS. The molecule has 0 aromatic rings. The number of rotatable bonds is 3. The van der Waals surface area contributed by atoms with Gasteiger partial charge in [-0.2, -0.15) is 11.6 Å². The van der Waals surface area contributed by atoms with E-state index in [-0.39, 0.29) is 0 Å². The zero-order chi connectivity index (χ0) is 9.84. The molecule has 0 fully saturated rings. The summed E-state index contributed by atoms with van der Waals surface area (Å²) in [5.74, 6) is 2.27. The van der Waals surface area contributed by atoms with Crippen LogP contribution in [0.3, 0.4) is 0 Å². The summed E-state index contributed by atoms with van der Waals surface area (Å²) >= 11 is 1.89. The van der Waals surface area contributed by atoms with E-state index in [0.29, 0.717) is 18.2 Å². The Morgan fingerprint density at radius 2 is 1.69 bits per heavy atom. The Labute approximate surface area is 86.3 Å². The van der Waals surface area contributed by atoms with Gasteiger partial charge in [0.25, 0.3) is 0 Å². The van der Waals surface area contributed by atoms with E-state index in [1.54, 1.807) is 0 Å². The van der Waals surface area contributed by atoms with E-state index >= 15 is 0 Å². The fraction of sp³-hybridized carbons (Fsp3) is 0.600. The maximum Gasteiger partial charge on any atom is 0.323 e. The van der Waals surface area contributed by atoms with E-state index in [4.69, 9.17) is 0 Å². The number of allylic oxidation sites excluding steroid dienone is 2. The summed E-state index contributed by atoms with van der Waals surface area (Å²) in [6.45, 7) is 9.03. The van der Waals surface area contributed by atoms with Gasteiger partial charge in [-0.05, 0) is 17.5 Å². The molecule has 0 atom stereocenters. The van der Waals surface area contributed by atoms with Crippen LogP contribution in [0, 0.1) is 0 Å². The van der Waals surface area contributed by atoms with Crippen molar-refractivity contribution in [2.24, 2.45) is 0 Å². The second kappa shape index (κ2) is 4.92. The van der Waals surface area contributed by atoms with Crippen molar-refractivity contribution in [3.8, 4) is 0 Å². The van der Waals surface area contributed by atoms with Gasteiger partial charge in [-0.1, -0.05) is 45.8 Å². The molecule has 0 aliphatic carbocycles.